The van der Waals surface area contributed by atoms with Crippen LogP contribution in [-0.4, -0.2) is 5.97 Å². The molecule has 2 aromatic carbocycles. The van der Waals surface area contributed by atoms with Gasteiger partial charge in [0.05, 0.1) is 0 Å². The second-order valence-electron chi connectivity index (χ2n) is 5.54. The molecule has 0 aliphatic carbocycles. The maximum Gasteiger partial charge on any atom is 0.338 e. The number of rotatable bonds is 5. The van der Waals surface area contributed by atoms with Crippen LogP contribution >= 0.6 is 0 Å². The van der Waals surface area contributed by atoms with Crippen LogP contribution in [0.5, 0.6) is 11.5 Å². The summed E-state index contributed by atoms with van der Waals surface area (Å²) in [5.74, 6) is -0.0345. The fourth-order valence-electron chi connectivity index (χ4n) is 2.19. The molecule has 0 fully saturated rings. The largest absolute Gasteiger partial charge is 0.485 e. The van der Waals surface area contributed by atoms with Crippen LogP contribution in [0, 0.1) is 0 Å². The smallest absolute Gasteiger partial charge is 0.338 e. The second-order valence-corrected chi connectivity index (χ2v) is 5.54. The molecule has 0 aliphatic rings. The molecule has 0 saturated heterocycles. The Hall–Kier alpha value is -3.34. The second kappa shape index (κ2) is 7.05. The molecule has 5 heteroatoms. The third-order valence-electron chi connectivity index (χ3n) is 3.47. The van der Waals surface area contributed by atoms with Crippen LogP contribution in [0.4, 0.5) is 0 Å². The van der Waals surface area contributed by atoms with E-state index in [1.165, 1.54) is 12.1 Å². The molecule has 25 heavy (non-hydrogen) atoms. The van der Waals surface area contributed by atoms with E-state index in [-0.39, 0.29) is 11.3 Å². The summed E-state index contributed by atoms with van der Waals surface area (Å²) in [7, 11) is 0. The monoisotopic (exact) mass is 336 g/mol. The normalized spacial score (nSPS) is 10.4. The van der Waals surface area contributed by atoms with E-state index in [0.29, 0.717) is 23.3 Å². The summed E-state index contributed by atoms with van der Waals surface area (Å²) in [5.41, 5.74) is 1.05. The highest BCUT2D eigenvalue weighted by molar-refractivity contribution is 5.90. The van der Waals surface area contributed by atoms with Gasteiger partial charge in [-0.15, -0.1) is 0 Å². The summed E-state index contributed by atoms with van der Waals surface area (Å²) in [6.45, 7) is 5.42. The van der Waals surface area contributed by atoms with E-state index in [9.17, 15) is 9.59 Å². The molecule has 0 N–H and O–H groups in total. The number of benzene rings is 2. The van der Waals surface area contributed by atoms with Crippen molar-refractivity contribution in [3.63, 3.8) is 0 Å². The Morgan fingerprint density at radius 2 is 1.84 bits per heavy atom. The molecule has 0 bridgehead atoms. The zero-order valence-electron chi connectivity index (χ0n) is 13.7. The molecule has 1 aromatic heterocycles. The van der Waals surface area contributed by atoms with Crippen LogP contribution < -0.4 is 15.1 Å². The van der Waals surface area contributed by atoms with Gasteiger partial charge >= 0.3 is 11.6 Å². The Bertz CT molecular complexity index is 986. The molecule has 0 amide bonds. The Kier molecular flexibility index (Phi) is 4.66. The van der Waals surface area contributed by atoms with Gasteiger partial charge < -0.3 is 13.9 Å². The number of esters is 1. The Balaban J connectivity index is 1.97. The van der Waals surface area contributed by atoms with Crippen molar-refractivity contribution in [2.45, 2.75) is 13.5 Å². The van der Waals surface area contributed by atoms with Crippen molar-refractivity contribution in [2.75, 3.05) is 0 Å². The molecule has 0 aliphatic heterocycles. The van der Waals surface area contributed by atoms with Crippen LogP contribution in [0.25, 0.3) is 11.0 Å². The molecule has 126 valence electrons. The van der Waals surface area contributed by atoms with Crippen LogP contribution in [0.2, 0.25) is 0 Å². The van der Waals surface area contributed by atoms with E-state index in [2.05, 4.69) is 6.58 Å². The van der Waals surface area contributed by atoms with Crippen LogP contribution in [0.15, 0.2) is 76.0 Å². The zero-order valence-corrected chi connectivity index (χ0v) is 13.7. The standard InChI is InChI=1S/C20H16O5/c1-13(2)20(22)25-18-11-16-15(8-9-19(21)24-16)10-17(18)23-12-14-6-4-3-5-7-14/h3-11H,1,12H2,2H3. The SMILES string of the molecule is C=C(C)C(=O)Oc1cc2oc(=O)ccc2cc1OCc1ccccc1. The average molecular weight is 336 g/mol. The minimum absolute atomic E-state index is 0.172. The fourth-order valence-corrected chi connectivity index (χ4v) is 2.19. The zero-order chi connectivity index (χ0) is 17.8. The lowest BCUT2D eigenvalue weighted by atomic mass is 10.2. The molecule has 3 aromatic rings. The third kappa shape index (κ3) is 3.95. The van der Waals surface area contributed by atoms with Gasteiger partial charge in [-0.3, -0.25) is 0 Å². The summed E-state index contributed by atoms with van der Waals surface area (Å²) < 4.78 is 16.3. The number of carbonyl (C=O) groups excluding carboxylic acids is 1. The predicted molar refractivity (Wildman–Crippen MR) is 93.7 cm³/mol. The molecule has 0 saturated carbocycles. The Morgan fingerprint density at radius 1 is 1.08 bits per heavy atom. The van der Waals surface area contributed by atoms with Crippen LogP contribution in [-0.2, 0) is 11.4 Å². The average Bonchev–Trinajstić information content (AvgIpc) is 2.60. The van der Waals surface area contributed by atoms with Crippen molar-refractivity contribution in [1.82, 2.24) is 0 Å². The lowest BCUT2D eigenvalue weighted by Gasteiger charge is -2.13. The summed E-state index contributed by atoms with van der Waals surface area (Å²) in [6.07, 6.45) is 0. The summed E-state index contributed by atoms with van der Waals surface area (Å²) in [6, 6.07) is 15.7. The number of fused-ring (bicyclic) bond motifs is 1. The predicted octanol–water partition coefficient (Wildman–Crippen LogP) is 3.85. The first-order valence-electron chi connectivity index (χ1n) is 7.65. The first kappa shape index (κ1) is 16.5. The van der Waals surface area contributed by atoms with E-state index in [0.717, 1.165) is 5.56 Å². The van der Waals surface area contributed by atoms with Gasteiger partial charge in [0.15, 0.2) is 11.5 Å². The molecule has 0 spiro atoms. The van der Waals surface area contributed by atoms with Gasteiger partial charge in [-0.1, -0.05) is 36.9 Å². The fraction of sp³-hybridized carbons (Fsp3) is 0.100. The highest BCUT2D eigenvalue weighted by Gasteiger charge is 2.14. The first-order valence-corrected chi connectivity index (χ1v) is 7.65. The van der Waals surface area contributed by atoms with Crippen molar-refractivity contribution in [3.05, 3.63) is 82.7 Å². The van der Waals surface area contributed by atoms with Crippen molar-refractivity contribution in [2.24, 2.45) is 0 Å². The van der Waals surface area contributed by atoms with Crippen LogP contribution in [0.1, 0.15) is 12.5 Å². The van der Waals surface area contributed by atoms with E-state index < -0.39 is 11.6 Å². The van der Waals surface area contributed by atoms with Crippen molar-refractivity contribution in [3.8, 4) is 11.5 Å². The molecule has 0 unspecified atom stereocenters. The van der Waals surface area contributed by atoms with Gasteiger partial charge in [-0.05, 0) is 24.6 Å². The van der Waals surface area contributed by atoms with Crippen LogP contribution in [0.3, 0.4) is 0 Å². The van der Waals surface area contributed by atoms with E-state index in [4.69, 9.17) is 13.9 Å². The number of carbonyl (C=O) groups is 1. The number of hydrogen-bond acceptors (Lipinski definition) is 5. The highest BCUT2D eigenvalue weighted by Crippen LogP contribution is 2.33. The lowest BCUT2D eigenvalue weighted by molar-refractivity contribution is -0.130. The van der Waals surface area contributed by atoms with Gasteiger partial charge in [-0.25, -0.2) is 9.59 Å². The molecule has 0 atom stereocenters. The molecular weight excluding hydrogens is 320 g/mol. The molecule has 1 heterocycles. The van der Waals surface area contributed by atoms with Crippen molar-refractivity contribution >= 4 is 16.9 Å². The number of hydrogen-bond donors (Lipinski definition) is 0. The summed E-state index contributed by atoms with van der Waals surface area (Å²) in [5, 5.41) is 0.665. The summed E-state index contributed by atoms with van der Waals surface area (Å²) in [4.78, 5) is 23.3. The van der Waals surface area contributed by atoms with Gasteiger partial charge in [0.2, 0.25) is 0 Å². The lowest BCUT2D eigenvalue weighted by Crippen LogP contribution is -2.10. The Morgan fingerprint density at radius 3 is 2.56 bits per heavy atom. The molecule has 3 rings (SSSR count). The van der Waals surface area contributed by atoms with Gasteiger partial charge in [-0.2, -0.15) is 0 Å². The molecule has 5 nitrogen and oxygen atoms in total. The van der Waals surface area contributed by atoms with E-state index in [1.54, 1.807) is 19.1 Å². The Labute approximate surface area is 144 Å². The maximum atomic E-state index is 11.9. The minimum atomic E-state index is -0.581. The molecule has 0 radical (unpaired) electrons. The van der Waals surface area contributed by atoms with E-state index in [1.807, 2.05) is 30.3 Å². The van der Waals surface area contributed by atoms with Gasteiger partial charge in [0, 0.05) is 23.1 Å². The maximum absolute atomic E-state index is 11.9. The van der Waals surface area contributed by atoms with Crippen molar-refractivity contribution in [1.29, 1.82) is 0 Å². The molecular formula is C20H16O5. The van der Waals surface area contributed by atoms with E-state index >= 15 is 0 Å². The van der Waals surface area contributed by atoms with Crippen molar-refractivity contribution < 1.29 is 18.7 Å². The van der Waals surface area contributed by atoms with Gasteiger partial charge in [0.25, 0.3) is 0 Å². The first-order chi connectivity index (χ1) is 12.0. The summed E-state index contributed by atoms with van der Waals surface area (Å²) >= 11 is 0. The van der Waals surface area contributed by atoms with Gasteiger partial charge in [0.1, 0.15) is 12.2 Å². The quantitative estimate of drug-likeness (QED) is 0.306. The minimum Gasteiger partial charge on any atom is -0.485 e. The number of ether oxygens (including phenoxy) is 2. The topological polar surface area (TPSA) is 65.7 Å². The highest BCUT2D eigenvalue weighted by atomic mass is 16.6. The third-order valence-corrected chi connectivity index (χ3v) is 3.47.